The number of amides is 2. The van der Waals surface area contributed by atoms with E-state index in [1.165, 1.54) is 0 Å². The maximum Gasteiger partial charge on any atom is 0.347 e. The van der Waals surface area contributed by atoms with Crippen LogP contribution in [-0.4, -0.2) is 28.3 Å². The first-order valence-electron chi connectivity index (χ1n) is 5.16. The summed E-state index contributed by atoms with van der Waals surface area (Å²) in [6.07, 6.45) is 7.55. The minimum atomic E-state index is -0.455. The molecule has 0 aromatic rings. The average Bonchev–Trinajstić information content (AvgIpc) is 2.97. The SMILES string of the molecule is C#CC(C)N1C(=O)N=C(N)C1(C)C1CC1. The van der Waals surface area contributed by atoms with E-state index in [4.69, 9.17) is 12.2 Å². The average molecular weight is 205 g/mol. The van der Waals surface area contributed by atoms with Crippen molar-refractivity contribution in [2.24, 2.45) is 16.6 Å². The number of terminal acetylenes is 1. The van der Waals surface area contributed by atoms with Gasteiger partial charge in [-0.2, -0.15) is 4.99 Å². The fraction of sp³-hybridized carbons (Fsp3) is 0.636. The van der Waals surface area contributed by atoms with E-state index in [0.29, 0.717) is 11.8 Å². The fourth-order valence-corrected chi connectivity index (χ4v) is 2.29. The predicted octanol–water partition coefficient (Wildman–Crippen LogP) is 0.970. The number of hydrogen-bond donors (Lipinski definition) is 1. The Hall–Kier alpha value is -1.50. The van der Waals surface area contributed by atoms with Gasteiger partial charge in [0.2, 0.25) is 0 Å². The molecule has 4 heteroatoms. The predicted molar refractivity (Wildman–Crippen MR) is 58.3 cm³/mol. The minimum Gasteiger partial charge on any atom is -0.385 e. The van der Waals surface area contributed by atoms with Crippen molar-refractivity contribution in [3.63, 3.8) is 0 Å². The number of rotatable bonds is 2. The van der Waals surface area contributed by atoms with Crippen molar-refractivity contribution >= 4 is 11.9 Å². The van der Waals surface area contributed by atoms with Crippen molar-refractivity contribution in [3.8, 4) is 12.3 Å². The number of nitrogens with zero attached hydrogens (tertiary/aromatic N) is 2. The summed E-state index contributed by atoms with van der Waals surface area (Å²) >= 11 is 0. The third-order valence-corrected chi connectivity index (χ3v) is 3.44. The highest BCUT2D eigenvalue weighted by Crippen LogP contribution is 2.46. The second-order valence-corrected chi connectivity index (χ2v) is 4.41. The normalized spacial score (nSPS) is 32.5. The van der Waals surface area contributed by atoms with Gasteiger partial charge in [-0.3, -0.25) is 4.90 Å². The van der Waals surface area contributed by atoms with Crippen molar-refractivity contribution in [2.75, 3.05) is 0 Å². The molecule has 15 heavy (non-hydrogen) atoms. The smallest absolute Gasteiger partial charge is 0.347 e. The van der Waals surface area contributed by atoms with E-state index in [9.17, 15) is 4.79 Å². The molecule has 1 aliphatic carbocycles. The molecule has 4 nitrogen and oxygen atoms in total. The van der Waals surface area contributed by atoms with Gasteiger partial charge in [-0.1, -0.05) is 5.92 Å². The van der Waals surface area contributed by atoms with Crippen LogP contribution in [-0.2, 0) is 0 Å². The van der Waals surface area contributed by atoms with Gasteiger partial charge in [-0.05, 0) is 32.6 Å². The maximum absolute atomic E-state index is 11.7. The van der Waals surface area contributed by atoms with E-state index >= 15 is 0 Å². The van der Waals surface area contributed by atoms with Crippen LogP contribution in [0.3, 0.4) is 0 Å². The standard InChI is InChI=1S/C11H15N3O/c1-4-7(2)14-10(15)13-9(12)11(14,3)8-5-6-8/h1,7-8H,5-6H2,2-3H3,(H2,12,13,15). The molecule has 1 heterocycles. The summed E-state index contributed by atoms with van der Waals surface area (Å²) in [5.74, 6) is 3.41. The molecule has 1 fully saturated rings. The summed E-state index contributed by atoms with van der Waals surface area (Å²) in [6.45, 7) is 3.79. The molecule has 2 rings (SSSR count). The topological polar surface area (TPSA) is 58.7 Å². The molecule has 2 unspecified atom stereocenters. The first-order valence-corrected chi connectivity index (χ1v) is 5.16. The van der Waals surface area contributed by atoms with E-state index in [1.54, 1.807) is 4.90 Å². The summed E-state index contributed by atoms with van der Waals surface area (Å²) in [4.78, 5) is 17.2. The van der Waals surface area contributed by atoms with Crippen molar-refractivity contribution in [1.82, 2.24) is 4.90 Å². The Morgan fingerprint density at radius 3 is 2.80 bits per heavy atom. The van der Waals surface area contributed by atoms with Gasteiger partial charge in [0, 0.05) is 0 Å². The fourth-order valence-electron chi connectivity index (χ4n) is 2.29. The number of aliphatic imine (C=N–C) groups is 1. The number of amidine groups is 1. The Morgan fingerprint density at radius 1 is 1.73 bits per heavy atom. The molecule has 0 radical (unpaired) electrons. The summed E-state index contributed by atoms with van der Waals surface area (Å²) in [5, 5.41) is 0. The van der Waals surface area contributed by atoms with Crippen LogP contribution in [0, 0.1) is 18.3 Å². The van der Waals surface area contributed by atoms with Crippen LogP contribution in [0.4, 0.5) is 4.79 Å². The lowest BCUT2D eigenvalue weighted by molar-refractivity contribution is 0.155. The second kappa shape index (κ2) is 2.99. The molecule has 2 aliphatic rings. The van der Waals surface area contributed by atoms with E-state index in [-0.39, 0.29) is 12.1 Å². The number of urea groups is 1. The van der Waals surface area contributed by atoms with Gasteiger partial charge in [-0.15, -0.1) is 6.42 Å². The first-order chi connectivity index (χ1) is 7.01. The second-order valence-electron chi connectivity index (χ2n) is 4.41. The van der Waals surface area contributed by atoms with Crippen LogP contribution in [0.2, 0.25) is 0 Å². The van der Waals surface area contributed by atoms with E-state index in [0.717, 1.165) is 12.8 Å². The van der Waals surface area contributed by atoms with Gasteiger partial charge < -0.3 is 5.73 Å². The molecule has 0 aromatic carbocycles. The molecule has 0 bridgehead atoms. The molecule has 0 saturated heterocycles. The maximum atomic E-state index is 11.7. The molecule has 2 amide bonds. The molecule has 2 atom stereocenters. The van der Waals surface area contributed by atoms with Gasteiger partial charge in [0.25, 0.3) is 0 Å². The molecular weight excluding hydrogens is 190 g/mol. The number of carbonyl (C=O) groups excluding carboxylic acids is 1. The van der Waals surface area contributed by atoms with Gasteiger partial charge >= 0.3 is 6.03 Å². The molecule has 0 spiro atoms. The van der Waals surface area contributed by atoms with Crippen molar-refractivity contribution in [2.45, 2.75) is 38.3 Å². The molecule has 0 aromatic heterocycles. The Kier molecular flexibility index (Phi) is 2.00. The minimum absolute atomic E-state index is 0.257. The largest absolute Gasteiger partial charge is 0.385 e. The van der Waals surface area contributed by atoms with Crippen molar-refractivity contribution in [3.05, 3.63) is 0 Å². The molecule has 2 N–H and O–H groups in total. The van der Waals surface area contributed by atoms with Gasteiger partial charge in [0.15, 0.2) is 0 Å². The first kappa shape index (κ1) is 10.0. The number of carbonyl (C=O) groups is 1. The van der Waals surface area contributed by atoms with Crippen LogP contribution >= 0.6 is 0 Å². The van der Waals surface area contributed by atoms with Gasteiger partial charge in [0.05, 0.1) is 6.04 Å². The quantitative estimate of drug-likeness (QED) is 0.683. The van der Waals surface area contributed by atoms with Crippen LogP contribution < -0.4 is 5.73 Å². The lowest BCUT2D eigenvalue weighted by Crippen LogP contribution is -2.56. The lowest BCUT2D eigenvalue weighted by atomic mass is 9.92. The summed E-state index contributed by atoms with van der Waals surface area (Å²) in [6, 6.07) is -0.555. The van der Waals surface area contributed by atoms with Crippen molar-refractivity contribution < 1.29 is 4.79 Å². The van der Waals surface area contributed by atoms with Crippen molar-refractivity contribution in [1.29, 1.82) is 0 Å². The van der Waals surface area contributed by atoms with E-state index in [1.807, 2.05) is 13.8 Å². The van der Waals surface area contributed by atoms with Gasteiger partial charge in [0.1, 0.15) is 11.4 Å². The Balaban J connectivity index is 2.37. The molecule has 80 valence electrons. The van der Waals surface area contributed by atoms with Crippen LogP contribution in [0.25, 0.3) is 0 Å². The summed E-state index contributed by atoms with van der Waals surface area (Å²) in [5.41, 5.74) is 5.39. The molecule has 1 aliphatic heterocycles. The van der Waals surface area contributed by atoms with Crippen LogP contribution in [0.15, 0.2) is 4.99 Å². The summed E-state index contributed by atoms with van der Waals surface area (Å²) in [7, 11) is 0. The van der Waals surface area contributed by atoms with Gasteiger partial charge in [-0.25, -0.2) is 4.79 Å². The number of hydrogen-bond acceptors (Lipinski definition) is 2. The third kappa shape index (κ3) is 1.23. The highest BCUT2D eigenvalue weighted by Gasteiger charge is 2.55. The highest BCUT2D eigenvalue weighted by molar-refractivity contribution is 6.06. The Bertz CT molecular complexity index is 378. The zero-order valence-electron chi connectivity index (χ0n) is 9.03. The molecule has 1 saturated carbocycles. The third-order valence-electron chi connectivity index (χ3n) is 3.44. The van der Waals surface area contributed by atoms with E-state index in [2.05, 4.69) is 10.9 Å². The van der Waals surface area contributed by atoms with Crippen LogP contribution in [0.1, 0.15) is 26.7 Å². The Labute approximate surface area is 89.5 Å². The Morgan fingerprint density at radius 2 is 2.33 bits per heavy atom. The summed E-state index contributed by atoms with van der Waals surface area (Å²) < 4.78 is 0. The number of nitrogens with two attached hydrogens (primary N) is 1. The monoisotopic (exact) mass is 205 g/mol. The zero-order chi connectivity index (χ0) is 11.2. The van der Waals surface area contributed by atoms with E-state index < -0.39 is 5.54 Å². The highest BCUT2D eigenvalue weighted by atomic mass is 16.2. The van der Waals surface area contributed by atoms with Crippen LogP contribution in [0.5, 0.6) is 0 Å². The molecular formula is C11H15N3O. The zero-order valence-corrected chi connectivity index (χ0v) is 9.03. The lowest BCUT2D eigenvalue weighted by Gasteiger charge is -2.37.